The summed E-state index contributed by atoms with van der Waals surface area (Å²) in [5, 5.41) is 0. The average Bonchev–Trinajstić information content (AvgIpc) is 2.83. The van der Waals surface area contributed by atoms with E-state index < -0.39 is 37.7 Å². The van der Waals surface area contributed by atoms with Crippen LogP contribution in [-0.2, 0) is 20.2 Å². The number of hydrogen-bond donors (Lipinski definition) is 1. The molecular formula is C27H40F2O6S2. The first-order chi connectivity index (χ1) is 17.4. The molecule has 0 bridgehead atoms. The number of alkyl halides is 2. The van der Waals surface area contributed by atoms with Gasteiger partial charge < -0.3 is 4.18 Å². The predicted octanol–water partition coefficient (Wildman–Crippen LogP) is 7.06. The SMILES string of the molecule is O=S(=O)(O)CC(F)(F)CS(=O)(=O)Oc1c(C2CCCCC2)cc(C2CCCCC2)cc1C1CCCCC1. The summed E-state index contributed by atoms with van der Waals surface area (Å²) in [6, 6.07) is 4.17. The third kappa shape index (κ3) is 8.12. The second-order valence-corrected chi connectivity index (χ2v) is 14.4. The molecule has 4 rings (SSSR count). The molecule has 0 aromatic heterocycles. The van der Waals surface area contributed by atoms with Crippen LogP contribution in [0.15, 0.2) is 12.1 Å². The molecule has 0 atom stereocenters. The van der Waals surface area contributed by atoms with E-state index in [1.807, 2.05) is 0 Å². The fourth-order valence-electron chi connectivity index (χ4n) is 6.62. The number of halogens is 2. The molecule has 0 saturated heterocycles. The van der Waals surface area contributed by atoms with Crippen molar-refractivity contribution in [3.8, 4) is 5.75 Å². The lowest BCUT2D eigenvalue weighted by atomic mass is 9.75. The Morgan fingerprint density at radius 1 is 0.703 bits per heavy atom. The highest BCUT2D eigenvalue weighted by atomic mass is 32.2. The van der Waals surface area contributed by atoms with E-state index in [0.717, 1.165) is 101 Å². The molecule has 3 aliphatic rings. The van der Waals surface area contributed by atoms with Crippen molar-refractivity contribution >= 4 is 20.2 Å². The van der Waals surface area contributed by atoms with Crippen LogP contribution in [0.5, 0.6) is 5.75 Å². The molecule has 37 heavy (non-hydrogen) atoms. The Balaban J connectivity index is 1.77. The van der Waals surface area contributed by atoms with Crippen molar-refractivity contribution in [1.29, 1.82) is 0 Å². The molecule has 0 amide bonds. The fraction of sp³-hybridized carbons (Fsp3) is 0.778. The lowest BCUT2D eigenvalue weighted by Gasteiger charge is -2.32. The van der Waals surface area contributed by atoms with Crippen LogP contribution in [0.3, 0.4) is 0 Å². The molecule has 1 aromatic rings. The summed E-state index contributed by atoms with van der Waals surface area (Å²) < 4.78 is 91.2. The van der Waals surface area contributed by atoms with Gasteiger partial charge in [-0.2, -0.15) is 16.8 Å². The molecule has 3 fully saturated rings. The van der Waals surface area contributed by atoms with E-state index in [0.29, 0.717) is 5.92 Å². The molecule has 0 radical (unpaired) electrons. The Hall–Kier alpha value is -1.26. The average molecular weight is 563 g/mol. The Bertz CT molecular complexity index is 1090. The molecule has 3 saturated carbocycles. The fourth-order valence-corrected chi connectivity index (χ4v) is 8.51. The van der Waals surface area contributed by atoms with Gasteiger partial charge in [-0.15, -0.1) is 0 Å². The number of hydrogen-bond acceptors (Lipinski definition) is 5. The van der Waals surface area contributed by atoms with Crippen molar-refractivity contribution in [3.63, 3.8) is 0 Å². The maximum atomic E-state index is 14.3. The molecule has 1 N–H and O–H groups in total. The van der Waals surface area contributed by atoms with Gasteiger partial charge in [0.05, 0.1) is 0 Å². The minimum absolute atomic E-state index is 0.100. The standard InChI is InChI=1S/C27H40F2O6S2/c28-27(29,18-36(30,31)32)19-37(33,34)35-26-24(21-12-6-2-7-13-21)16-23(20-10-4-1-5-11-20)17-25(26)22-14-8-3-9-15-22/h16-17,20-22H,1-15,18-19H2,(H,30,31,32). The molecular weight excluding hydrogens is 522 g/mol. The van der Waals surface area contributed by atoms with E-state index in [9.17, 15) is 25.6 Å². The monoisotopic (exact) mass is 562 g/mol. The predicted molar refractivity (Wildman–Crippen MR) is 140 cm³/mol. The van der Waals surface area contributed by atoms with Crippen LogP contribution in [0.25, 0.3) is 0 Å². The summed E-state index contributed by atoms with van der Waals surface area (Å²) in [5.41, 5.74) is 2.83. The Morgan fingerprint density at radius 2 is 1.11 bits per heavy atom. The van der Waals surface area contributed by atoms with E-state index in [1.54, 1.807) is 0 Å². The zero-order valence-electron chi connectivity index (χ0n) is 21.5. The zero-order valence-corrected chi connectivity index (χ0v) is 23.1. The summed E-state index contributed by atoms with van der Waals surface area (Å²) in [7, 11) is -9.92. The van der Waals surface area contributed by atoms with Crippen molar-refractivity contribution in [1.82, 2.24) is 0 Å². The maximum absolute atomic E-state index is 14.3. The first kappa shape index (κ1) is 28.7. The molecule has 0 heterocycles. The van der Waals surface area contributed by atoms with Crippen molar-refractivity contribution in [2.24, 2.45) is 0 Å². The second kappa shape index (κ2) is 11.9. The van der Waals surface area contributed by atoms with Gasteiger partial charge in [0.1, 0.15) is 11.5 Å². The van der Waals surface area contributed by atoms with Gasteiger partial charge >= 0.3 is 10.1 Å². The third-order valence-corrected chi connectivity index (χ3v) is 10.3. The van der Waals surface area contributed by atoms with Crippen molar-refractivity contribution in [3.05, 3.63) is 28.8 Å². The smallest absolute Gasteiger partial charge is 0.315 e. The van der Waals surface area contributed by atoms with Crippen molar-refractivity contribution in [2.75, 3.05) is 11.5 Å². The maximum Gasteiger partial charge on any atom is 0.315 e. The molecule has 3 aliphatic carbocycles. The van der Waals surface area contributed by atoms with Crippen LogP contribution < -0.4 is 4.18 Å². The van der Waals surface area contributed by atoms with Crippen LogP contribution in [-0.4, -0.2) is 38.8 Å². The lowest BCUT2D eigenvalue weighted by Crippen LogP contribution is -2.37. The summed E-state index contributed by atoms with van der Waals surface area (Å²) in [4.78, 5) is 0. The Kier molecular flexibility index (Phi) is 9.21. The van der Waals surface area contributed by atoms with Crippen LogP contribution in [0.4, 0.5) is 8.78 Å². The van der Waals surface area contributed by atoms with Gasteiger partial charge in [0, 0.05) is 0 Å². The van der Waals surface area contributed by atoms with Gasteiger partial charge in [-0.05, 0) is 73.0 Å². The molecule has 10 heteroatoms. The van der Waals surface area contributed by atoms with Gasteiger partial charge in [0.15, 0.2) is 5.75 Å². The minimum atomic E-state index is -5.07. The van der Waals surface area contributed by atoms with E-state index in [-0.39, 0.29) is 17.6 Å². The lowest BCUT2D eigenvalue weighted by molar-refractivity contribution is 0.0481. The van der Waals surface area contributed by atoms with Gasteiger partial charge in [-0.25, -0.2) is 8.78 Å². The normalized spacial score (nSPS) is 21.7. The molecule has 0 unspecified atom stereocenters. The minimum Gasteiger partial charge on any atom is -0.382 e. The third-order valence-electron chi connectivity index (χ3n) is 8.33. The molecule has 0 spiro atoms. The first-order valence-corrected chi connectivity index (χ1v) is 17.0. The zero-order chi connectivity index (χ0) is 26.7. The van der Waals surface area contributed by atoms with Crippen molar-refractivity contribution in [2.45, 2.75) is 120 Å². The summed E-state index contributed by atoms with van der Waals surface area (Å²) in [5.74, 6) is -7.15. The van der Waals surface area contributed by atoms with Gasteiger partial charge in [0.25, 0.3) is 16.0 Å². The highest BCUT2D eigenvalue weighted by molar-refractivity contribution is 7.87. The molecule has 0 aliphatic heterocycles. The quantitative estimate of drug-likeness (QED) is 0.256. The Labute approximate surface area is 220 Å². The van der Waals surface area contributed by atoms with Crippen LogP contribution >= 0.6 is 0 Å². The second-order valence-electron chi connectivity index (χ2n) is 11.4. The number of rotatable bonds is 9. The van der Waals surface area contributed by atoms with Gasteiger partial charge in [0.2, 0.25) is 0 Å². The van der Waals surface area contributed by atoms with Crippen LogP contribution in [0.2, 0.25) is 0 Å². The summed E-state index contributed by atoms with van der Waals surface area (Å²) >= 11 is 0. The number of benzene rings is 1. The van der Waals surface area contributed by atoms with Crippen LogP contribution in [0, 0.1) is 0 Å². The highest BCUT2D eigenvalue weighted by Gasteiger charge is 2.42. The Morgan fingerprint density at radius 3 is 1.51 bits per heavy atom. The van der Waals surface area contributed by atoms with E-state index in [1.165, 1.54) is 12.0 Å². The summed E-state index contributed by atoms with van der Waals surface area (Å²) in [6.07, 6.45) is 15.6. The van der Waals surface area contributed by atoms with Gasteiger partial charge in [-0.1, -0.05) is 69.9 Å². The van der Waals surface area contributed by atoms with E-state index in [4.69, 9.17) is 8.74 Å². The van der Waals surface area contributed by atoms with Crippen molar-refractivity contribution < 1.29 is 34.4 Å². The van der Waals surface area contributed by atoms with Crippen LogP contribution in [0.1, 0.15) is 131 Å². The molecule has 1 aromatic carbocycles. The van der Waals surface area contributed by atoms with E-state index >= 15 is 0 Å². The first-order valence-electron chi connectivity index (χ1n) is 13.9. The molecule has 210 valence electrons. The summed E-state index contributed by atoms with van der Waals surface area (Å²) in [6.45, 7) is 0. The van der Waals surface area contributed by atoms with E-state index in [2.05, 4.69) is 12.1 Å². The largest absolute Gasteiger partial charge is 0.382 e. The molecule has 6 nitrogen and oxygen atoms in total. The highest BCUT2D eigenvalue weighted by Crippen LogP contribution is 2.48. The topological polar surface area (TPSA) is 97.7 Å². The van der Waals surface area contributed by atoms with Gasteiger partial charge in [-0.3, -0.25) is 4.55 Å².